The highest BCUT2D eigenvalue weighted by atomic mass is 79.9. The van der Waals surface area contributed by atoms with E-state index in [0.29, 0.717) is 13.2 Å². The van der Waals surface area contributed by atoms with Gasteiger partial charge in [-0.25, -0.2) is 0 Å². The maximum atomic E-state index is 5.47. The molecule has 0 bridgehead atoms. The first-order valence-corrected chi connectivity index (χ1v) is 7.61. The van der Waals surface area contributed by atoms with Crippen molar-refractivity contribution in [2.75, 3.05) is 13.7 Å². The molecule has 110 valence electrons. The van der Waals surface area contributed by atoms with Crippen LogP contribution in [0.4, 0.5) is 0 Å². The lowest BCUT2D eigenvalue weighted by Gasteiger charge is -2.08. The lowest BCUT2D eigenvalue weighted by atomic mass is 10.0. The summed E-state index contributed by atoms with van der Waals surface area (Å²) in [5.41, 5.74) is 3.67. The topological polar surface area (TPSA) is 18.5 Å². The smallest absolute Gasteiger partial charge is 0.118 e. The normalized spacial score (nSPS) is 10.4. The van der Waals surface area contributed by atoms with Gasteiger partial charge in [-0.3, -0.25) is 0 Å². The van der Waals surface area contributed by atoms with E-state index in [0.717, 1.165) is 22.2 Å². The molecule has 2 nitrogen and oxygen atoms in total. The molecular formula is C18H19BrO2. The van der Waals surface area contributed by atoms with Crippen molar-refractivity contribution in [3.8, 4) is 5.75 Å². The first-order valence-electron chi connectivity index (χ1n) is 6.82. The summed E-state index contributed by atoms with van der Waals surface area (Å²) in [7, 11) is 1.68. The predicted molar refractivity (Wildman–Crippen MR) is 89.8 cm³/mol. The summed E-state index contributed by atoms with van der Waals surface area (Å²) in [6, 6.07) is 14.6. The van der Waals surface area contributed by atoms with Gasteiger partial charge in [0.15, 0.2) is 0 Å². The van der Waals surface area contributed by atoms with E-state index in [1.807, 2.05) is 12.1 Å². The van der Waals surface area contributed by atoms with E-state index in [2.05, 4.69) is 52.8 Å². The van der Waals surface area contributed by atoms with E-state index >= 15 is 0 Å². The number of hydrogen-bond donors (Lipinski definition) is 0. The van der Waals surface area contributed by atoms with Crippen LogP contribution < -0.4 is 4.74 Å². The molecule has 3 heteroatoms. The molecule has 0 saturated heterocycles. The Hall–Kier alpha value is -1.58. The fourth-order valence-corrected chi connectivity index (χ4v) is 2.59. The van der Waals surface area contributed by atoms with Crippen molar-refractivity contribution < 1.29 is 9.47 Å². The van der Waals surface area contributed by atoms with Crippen molar-refractivity contribution in [1.82, 2.24) is 0 Å². The van der Waals surface area contributed by atoms with Crippen LogP contribution in [0.25, 0.3) is 0 Å². The van der Waals surface area contributed by atoms with Gasteiger partial charge in [0.1, 0.15) is 5.75 Å². The molecule has 0 amide bonds. The van der Waals surface area contributed by atoms with Gasteiger partial charge in [0.05, 0.1) is 20.3 Å². The number of ether oxygens (including phenoxy) is 2. The van der Waals surface area contributed by atoms with Gasteiger partial charge in [-0.2, -0.15) is 0 Å². The van der Waals surface area contributed by atoms with Crippen LogP contribution in [0.5, 0.6) is 5.75 Å². The molecule has 0 spiro atoms. The first-order chi connectivity index (χ1) is 10.2. The van der Waals surface area contributed by atoms with E-state index in [1.54, 1.807) is 13.2 Å². The van der Waals surface area contributed by atoms with E-state index < -0.39 is 0 Å². The number of hydrogen-bond acceptors (Lipinski definition) is 2. The van der Waals surface area contributed by atoms with Crippen LogP contribution in [0.3, 0.4) is 0 Å². The Morgan fingerprint density at radius 1 is 1.10 bits per heavy atom. The number of halogens is 1. The lowest BCUT2D eigenvalue weighted by Crippen LogP contribution is -1.95. The van der Waals surface area contributed by atoms with Crippen LogP contribution in [0.1, 0.15) is 16.7 Å². The van der Waals surface area contributed by atoms with Crippen LogP contribution in [0.2, 0.25) is 0 Å². The zero-order chi connectivity index (χ0) is 15.1. The standard InChI is InChI=1S/C18H19BrO2/c1-3-10-21-13-16-7-4-15(12-18(16)19)11-14-5-8-17(20-2)9-6-14/h3-9,12H,1,10-11,13H2,2H3. The highest BCUT2D eigenvalue weighted by molar-refractivity contribution is 9.10. The Kier molecular flexibility index (Phi) is 6.03. The second kappa shape index (κ2) is 8.01. The number of methoxy groups -OCH3 is 1. The van der Waals surface area contributed by atoms with Gasteiger partial charge in [-0.1, -0.05) is 46.3 Å². The molecule has 0 N–H and O–H groups in total. The first kappa shape index (κ1) is 15.8. The van der Waals surface area contributed by atoms with Crippen molar-refractivity contribution in [3.05, 3.63) is 76.3 Å². The molecule has 0 radical (unpaired) electrons. The van der Waals surface area contributed by atoms with Gasteiger partial charge in [-0.15, -0.1) is 6.58 Å². The van der Waals surface area contributed by atoms with Crippen LogP contribution in [-0.4, -0.2) is 13.7 Å². The minimum absolute atomic E-state index is 0.569. The average molecular weight is 347 g/mol. The third kappa shape index (κ3) is 4.73. The second-order valence-electron chi connectivity index (χ2n) is 4.75. The summed E-state index contributed by atoms with van der Waals surface area (Å²) in [5.74, 6) is 0.884. The molecular weight excluding hydrogens is 328 g/mol. The summed E-state index contributed by atoms with van der Waals surface area (Å²) in [6.07, 6.45) is 2.66. The maximum absolute atomic E-state index is 5.47. The molecule has 0 heterocycles. The summed E-state index contributed by atoms with van der Waals surface area (Å²) < 4.78 is 11.7. The molecule has 2 aromatic rings. The van der Waals surface area contributed by atoms with Gasteiger partial charge in [0, 0.05) is 4.47 Å². The average Bonchev–Trinajstić information content (AvgIpc) is 2.50. The van der Waals surface area contributed by atoms with Crippen molar-refractivity contribution in [3.63, 3.8) is 0 Å². The van der Waals surface area contributed by atoms with Gasteiger partial charge in [0.25, 0.3) is 0 Å². The fourth-order valence-electron chi connectivity index (χ4n) is 2.05. The van der Waals surface area contributed by atoms with E-state index in [4.69, 9.17) is 9.47 Å². The molecule has 0 aromatic heterocycles. The molecule has 21 heavy (non-hydrogen) atoms. The minimum atomic E-state index is 0.569. The monoisotopic (exact) mass is 346 g/mol. The molecule has 0 atom stereocenters. The van der Waals surface area contributed by atoms with Crippen molar-refractivity contribution in [2.24, 2.45) is 0 Å². The van der Waals surface area contributed by atoms with Crippen molar-refractivity contribution in [1.29, 1.82) is 0 Å². The summed E-state index contributed by atoms with van der Waals surface area (Å²) in [5, 5.41) is 0. The highest BCUT2D eigenvalue weighted by Gasteiger charge is 2.03. The van der Waals surface area contributed by atoms with Crippen LogP contribution >= 0.6 is 15.9 Å². The Bertz CT molecular complexity index is 591. The maximum Gasteiger partial charge on any atom is 0.118 e. The van der Waals surface area contributed by atoms with Gasteiger partial charge in [-0.05, 0) is 41.3 Å². The van der Waals surface area contributed by atoms with Gasteiger partial charge >= 0.3 is 0 Å². The van der Waals surface area contributed by atoms with Crippen LogP contribution in [0, 0.1) is 0 Å². The van der Waals surface area contributed by atoms with E-state index in [9.17, 15) is 0 Å². The second-order valence-corrected chi connectivity index (χ2v) is 5.61. The molecule has 0 unspecified atom stereocenters. The fraction of sp³-hybridized carbons (Fsp3) is 0.222. The Balaban J connectivity index is 2.03. The quantitative estimate of drug-likeness (QED) is 0.532. The minimum Gasteiger partial charge on any atom is -0.497 e. The number of benzene rings is 2. The van der Waals surface area contributed by atoms with E-state index in [-0.39, 0.29) is 0 Å². The molecule has 0 aliphatic heterocycles. The molecule has 2 rings (SSSR count). The van der Waals surface area contributed by atoms with E-state index in [1.165, 1.54) is 11.1 Å². The molecule has 0 fully saturated rings. The summed E-state index contributed by atoms with van der Waals surface area (Å²) in [6.45, 7) is 4.80. The lowest BCUT2D eigenvalue weighted by molar-refractivity contribution is 0.148. The van der Waals surface area contributed by atoms with Gasteiger partial charge in [0.2, 0.25) is 0 Å². The third-order valence-corrected chi connectivity index (χ3v) is 3.92. The summed E-state index contributed by atoms with van der Waals surface area (Å²) >= 11 is 3.61. The number of rotatable bonds is 7. The van der Waals surface area contributed by atoms with Gasteiger partial charge < -0.3 is 9.47 Å². The summed E-state index contributed by atoms with van der Waals surface area (Å²) in [4.78, 5) is 0. The van der Waals surface area contributed by atoms with Crippen molar-refractivity contribution >= 4 is 15.9 Å². The Morgan fingerprint density at radius 3 is 2.43 bits per heavy atom. The van der Waals surface area contributed by atoms with Crippen molar-refractivity contribution in [2.45, 2.75) is 13.0 Å². The zero-order valence-electron chi connectivity index (χ0n) is 12.1. The molecule has 0 aliphatic rings. The van der Waals surface area contributed by atoms with Crippen LogP contribution in [0.15, 0.2) is 59.6 Å². The molecule has 2 aromatic carbocycles. The molecule has 0 aliphatic carbocycles. The zero-order valence-corrected chi connectivity index (χ0v) is 13.7. The predicted octanol–water partition coefficient (Wildman–Crippen LogP) is 4.75. The van der Waals surface area contributed by atoms with Crippen LogP contribution in [-0.2, 0) is 17.8 Å². The highest BCUT2D eigenvalue weighted by Crippen LogP contribution is 2.22. The third-order valence-electron chi connectivity index (χ3n) is 3.18. The molecule has 0 saturated carbocycles. The SMILES string of the molecule is C=CCOCc1ccc(Cc2ccc(OC)cc2)cc1Br. The Labute approximate surface area is 134 Å². The Morgan fingerprint density at radius 2 is 1.81 bits per heavy atom. The largest absolute Gasteiger partial charge is 0.497 e.